The smallest absolute Gasteiger partial charge is 0.164 e. The fourth-order valence-electron chi connectivity index (χ4n) is 8.02. The van der Waals surface area contributed by atoms with E-state index in [0.717, 1.165) is 38.6 Å². The molecule has 0 spiro atoms. The van der Waals surface area contributed by atoms with Crippen molar-refractivity contribution in [2.75, 3.05) is 14.2 Å². The summed E-state index contributed by atoms with van der Waals surface area (Å²) in [5.41, 5.74) is 5.17. The van der Waals surface area contributed by atoms with Gasteiger partial charge in [0, 0.05) is 42.1 Å². The van der Waals surface area contributed by atoms with Crippen molar-refractivity contribution in [1.29, 1.82) is 0 Å². The molecule has 1 aliphatic rings. The van der Waals surface area contributed by atoms with Gasteiger partial charge in [-0.05, 0) is 93.7 Å². The SMILES string of the molecule is COc1cc(CC(C(=O)CC(O)C(Cc2cc[nH]c2)C2C=CC(c3cccc4ccccc34)c3c2ccc(O)c3OC)c2cccc(O)c2)ccc1O. The Balaban J connectivity index is 1.27. The van der Waals surface area contributed by atoms with E-state index in [0.29, 0.717) is 23.5 Å². The number of methoxy groups -OCH3 is 2. The number of rotatable bonds is 13. The number of aliphatic hydroxyl groups is 1. The second-order valence-corrected chi connectivity index (χ2v) is 13.8. The molecule has 5 atom stereocenters. The van der Waals surface area contributed by atoms with Gasteiger partial charge < -0.3 is 34.9 Å². The number of Topliss-reactive ketones (excluding diaryl/α,β-unsaturated/α-hetero) is 1. The van der Waals surface area contributed by atoms with Crippen LogP contribution in [0, 0.1) is 5.92 Å². The van der Waals surface area contributed by atoms with Gasteiger partial charge >= 0.3 is 0 Å². The van der Waals surface area contributed by atoms with E-state index in [1.807, 2.05) is 42.7 Å². The summed E-state index contributed by atoms with van der Waals surface area (Å²) in [6.07, 6.45) is 7.53. The van der Waals surface area contributed by atoms with Crippen molar-refractivity contribution in [1.82, 2.24) is 4.98 Å². The predicted octanol–water partition coefficient (Wildman–Crippen LogP) is 8.29. The standard InChI is InChI=1S/C45H43NO7/c1-52-43-23-27(13-17-39(43)48)21-37(30-9-5-10-31(47)24-30)41(50)25-42(51)38(22-28-19-20-46-26-28)34-14-15-35(44-36(34)16-18-40(49)45(44)53-2)33-12-6-8-29-7-3-4-11-32(29)33/h3-20,23-24,26,34-35,37-38,42,46-49,51H,21-22,25H2,1-2H3. The molecule has 0 fully saturated rings. The maximum absolute atomic E-state index is 14.4. The third kappa shape index (κ3) is 7.23. The van der Waals surface area contributed by atoms with Crippen molar-refractivity contribution < 1.29 is 34.7 Å². The molecule has 270 valence electrons. The summed E-state index contributed by atoms with van der Waals surface area (Å²) in [4.78, 5) is 17.6. The van der Waals surface area contributed by atoms with Crippen molar-refractivity contribution in [2.24, 2.45) is 5.92 Å². The molecule has 1 heterocycles. The Kier molecular flexibility index (Phi) is 10.2. The number of allylic oxidation sites excluding steroid dienone is 2. The number of carbonyl (C=O) groups is 1. The van der Waals surface area contributed by atoms with Crippen molar-refractivity contribution in [2.45, 2.75) is 43.1 Å². The average Bonchev–Trinajstić information content (AvgIpc) is 3.69. The fourth-order valence-corrected chi connectivity index (χ4v) is 8.02. The molecule has 53 heavy (non-hydrogen) atoms. The molecule has 0 radical (unpaired) electrons. The highest BCUT2D eigenvalue weighted by molar-refractivity contribution is 5.88. The molecule has 8 nitrogen and oxygen atoms in total. The Morgan fingerprint density at radius 1 is 0.774 bits per heavy atom. The first-order valence-electron chi connectivity index (χ1n) is 17.8. The van der Waals surface area contributed by atoms with Gasteiger partial charge in [-0.2, -0.15) is 0 Å². The Labute approximate surface area is 308 Å². The highest BCUT2D eigenvalue weighted by atomic mass is 16.5. The fraction of sp³-hybridized carbons (Fsp3) is 0.222. The van der Waals surface area contributed by atoms with Gasteiger partial charge in [0.25, 0.3) is 0 Å². The second kappa shape index (κ2) is 15.3. The van der Waals surface area contributed by atoms with Crippen molar-refractivity contribution >= 4 is 16.6 Å². The molecule has 1 aliphatic carbocycles. The zero-order valence-electron chi connectivity index (χ0n) is 29.6. The number of phenolic OH excluding ortho intramolecular Hbond substituents is 3. The van der Waals surface area contributed by atoms with Gasteiger partial charge in [-0.3, -0.25) is 4.79 Å². The largest absolute Gasteiger partial charge is 0.508 e. The Bertz CT molecular complexity index is 2250. The van der Waals surface area contributed by atoms with Gasteiger partial charge in [-0.15, -0.1) is 0 Å². The van der Waals surface area contributed by atoms with Crippen LogP contribution in [-0.2, 0) is 17.6 Å². The number of hydrogen-bond donors (Lipinski definition) is 5. The number of ether oxygens (including phenoxy) is 2. The van der Waals surface area contributed by atoms with Crippen LogP contribution < -0.4 is 9.47 Å². The maximum Gasteiger partial charge on any atom is 0.164 e. The highest BCUT2D eigenvalue weighted by Crippen LogP contribution is 2.50. The van der Waals surface area contributed by atoms with Gasteiger partial charge in [-0.25, -0.2) is 0 Å². The quantitative estimate of drug-likeness (QED) is 0.0763. The summed E-state index contributed by atoms with van der Waals surface area (Å²) >= 11 is 0. The maximum atomic E-state index is 14.4. The first-order valence-corrected chi connectivity index (χ1v) is 17.8. The summed E-state index contributed by atoms with van der Waals surface area (Å²) in [5.74, 6) is -1.15. The van der Waals surface area contributed by atoms with Crippen LogP contribution in [0.15, 0.2) is 128 Å². The Morgan fingerprint density at radius 3 is 2.34 bits per heavy atom. The monoisotopic (exact) mass is 709 g/mol. The molecule has 0 saturated heterocycles. The number of benzene rings is 5. The molecule has 8 heteroatoms. The van der Waals surface area contributed by atoms with Crippen LogP contribution in [0.5, 0.6) is 28.7 Å². The topological polar surface area (TPSA) is 132 Å². The molecular formula is C45H43NO7. The van der Waals surface area contributed by atoms with Crippen molar-refractivity contribution in [3.63, 3.8) is 0 Å². The lowest BCUT2D eigenvalue weighted by Gasteiger charge is -2.36. The minimum absolute atomic E-state index is 0.00652. The third-order valence-corrected chi connectivity index (χ3v) is 10.6. The van der Waals surface area contributed by atoms with E-state index >= 15 is 0 Å². The van der Waals surface area contributed by atoms with E-state index in [9.17, 15) is 25.2 Å². The number of aliphatic hydroxyl groups excluding tert-OH is 1. The normalized spacial score (nSPS) is 16.8. The van der Waals surface area contributed by atoms with Crippen LogP contribution in [0.3, 0.4) is 0 Å². The van der Waals surface area contributed by atoms with Gasteiger partial charge in [0.2, 0.25) is 0 Å². The summed E-state index contributed by atoms with van der Waals surface area (Å²) < 4.78 is 11.2. The summed E-state index contributed by atoms with van der Waals surface area (Å²) in [6.45, 7) is 0. The molecule has 5 N–H and O–H groups in total. The van der Waals surface area contributed by atoms with E-state index in [1.165, 1.54) is 13.2 Å². The number of aromatic hydroxyl groups is 3. The molecular weight excluding hydrogens is 666 g/mol. The second-order valence-electron chi connectivity index (χ2n) is 13.8. The molecule has 7 rings (SSSR count). The van der Waals surface area contributed by atoms with Crippen LogP contribution in [0.2, 0.25) is 0 Å². The van der Waals surface area contributed by atoms with E-state index in [1.54, 1.807) is 49.6 Å². The molecule has 0 aliphatic heterocycles. The zero-order valence-corrected chi connectivity index (χ0v) is 29.6. The highest BCUT2D eigenvalue weighted by Gasteiger charge is 2.38. The van der Waals surface area contributed by atoms with Crippen LogP contribution >= 0.6 is 0 Å². The minimum atomic E-state index is -1.07. The lowest BCUT2D eigenvalue weighted by Crippen LogP contribution is -2.33. The summed E-state index contributed by atoms with van der Waals surface area (Å²) in [7, 11) is 3.02. The van der Waals surface area contributed by atoms with Crippen LogP contribution in [0.4, 0.5) is 0 Å². The minimum Gasteiger partial charge on any atom is -0.508 e. The van der Waals surface area contributed by atoms with Gasteiger partial charge in [0.15, 0.2) is 23.0 Å². The molecule has 0 amide bonds. The lowest BCUT2D eigenvalue weighted by atomic mass is 9.69. The number of fused-ring (bicyclic) bond motifs is 2. The average molecular weight is 710 g/mol. The number of ketones is 1. The Hall–Kier alpha value is -5.99. The molecule has 0 bridgehead atoms. The first-order chi connectivity index (χ1) is 25.7. The van der Waals surface area contributed by atoms with Gasteiger partial charge in [0.05, 0.1) is 20.3 Å². The number of aromatic nitrogens is 1. The molecule has 5 unspecified atom stereocenters. The van der Waals surface area contributed by atoms with Gasteiger partial charge in [0.1, 0.15) is 11.5 Å². The van der Waals surface area contributed by atoms with E-state index in [2.05, 4.69) is 41.4 Å². The van der Waals surface area contributed by atoms with E-state index in [-0.39, 0.29) is 47.7 Å². The Morgan fingerprint density at radius 2 is 1.57 bits per heavy atom. The van der Waals surface area contributed by atoms with Crippen LogP contribution in [-0.4, -0.2) is 51.5 Å². The summed E-state index contributed by atoms with van der Waals surface area (Å²) in [6, 6.07) is 31.6. The van der Waals surface area contributed by atoms with E-state index < -0.39 is 17.9 Å². The van der Waals surface area contributed by atoms with Crippen molar-refractivity contribution in [3.05, 3.63) is 161 Å². The number of H-pyrrole nitrogens is 1. The van der Waals surface area contributed by atoms with E-state index in [4.69, 9.17) is 9.47 Å². The number of nitrogens with one attached hydrogen (secondary N) is 1. The molecule has 0 saturated carbocycles. The number of hydrogen-bond acceptors (Lipinski definition) is 7. The molecule has 1 aromatic heterocycles. The molecule has 5 aromatic carbocycles. The zero-order chi connectivity index (χ0) is 37.1. The van der Waals surface area contributed by atoms with Crippen LogP contribution in [0.1, 0.15) is 57.6 Å². The number of aromatic amines is 1. The lowest BCUT2D eigenvalue weighted by molar-refractivity contribution is -0.123. The third-order valence-electron chi connectivity index (χ3n) is 10.6. The van der Waals surface area contributed by atoms with Crippen LogP contribution in [0.25, 0.3) is 10.8 Å². The summed E-state index contributed by atoms with van der Waals surface area (Å²) in [5, 5.41) is 46.1. The van der Waals surface area contributed by atoms with Crippen molar-refractivity contribution in [3.8, 4) is 28.7 Å². The first kappa shape index (κ1) is 35.4. The van der Waals surface area contributed by atoms with Gasteiger partial charge in [-0.1, -0.05) is 78.9 Å². The molecule has 6 aromatic rings. The number of carbonyl (C=O) groups excluding carboxylic acids is 1. The number of phenols is 3. The predicted molar refractivity (Wildman–Crippen MR) is 205 cm³/mol.